The van der Waals surface area contributed by atoms with E-state index in [1.54, 1.807) is 26.1 Å². The van der Waals surface area contributed by atoms with E-state index in [0.717, 1.165) is 44.4 Å². The number of guanidine groups is 1. The number of aryl methyl sites for hydroxylation is 1. The Hall–Kier alpha value is -1.66. The Kier molecular flexibility index (Phi) is 7.65. The zero-order valence-electron chi connectivity index (χ0n) is 15.8. The summed E-state index contributed by atoms with van der Waals surface area (Å²) in [6, 6.07) is 5.73. The second-order valence-electron chi connectivity index (χ2n) is 6.85. The van der Waals surface area contributed by atoms with Crippen LogP contribution in [0.2, 0.25) is 0 Å². The molecule has 2 N–H and O–H groups in total. The predicted octanol–water partition coefficient (Wildman–Crippen LogP) is 2.16. The van der Waals surface area contributed by atoms with Crippen molar-refractivity contribution in [3.8, 4) is 0 Å². The van der Waals surface area contributed by atoms with E-state index in [9.17, 15) is 4.39 Å². The fourth-order valence-corrected chi connectivity index (χ4v) is 3.05. The average Bonchev–Trinajstić information content (AvgIpc) is 2.61. The van der Waals surface area contributed by atoms with Crippen molar-refractivity contribution in [1.29, 1.82) is 0 Å². The molecular weight excluding hydrogens is 319 g/mol. The van der Waals surface area contributed by atoms with Gasteiger partial charge in [0.1, 0.15) is 5.82 Å². The summed E-state index contributed by atoms with van der Waals surface area (Å²) in [5.41, 5.74) is 1.57. The van der Waals surface area contributed by atoms with Crippen molar-refractivity contribution in [2.45, 2.75) is 33.4 Å². The van der Waals surface area contributed by atoms with Gasteiger partial charge >= 0.3 is 0 Å². The van der Waals surface area contributed by atoms with E-state index in [4.69, 9.17) is 4.74 Å². The van der Waals surface area contributed by atoms with Gasteiger partial charge in [0.2, 0.25) is 0 Å². The minimum Gasteiger partial charge on any atom is -0.379 e. The zero-order valence-corrected chi connectivity index (χ0v) is 15.8. The van der Waals surface area contributed by atoms with E-state index in [-0.39, 0.29) is 5.82 Å². The number of nitrogens with one attached hydrogen (secondary N) is 2. The minimum absolute atomic E-state index is 0.172. The summed E-state index contributed by atoms with van der Waals surface area (Å²) >= 11 is 0. The molecule has 6 heteroatoms. The smallest absolute Gasteiger partial charge is 0.191 e. The number of hydrogen-bond acceptors (Lipinski definition) is 3. The molecule has 1 aromatic carbocycles. The van der Waals surface area contributed by atoms with E-state index in [0.29, 0.717) is 24.1 Å². The van der Waals surface area contributed by atoms with Gasteiger partial charge in [-0.2, -0.15) is 0 Å². The summed E-state index contributed by atoms with van der Waals surface area (Å²) < 4.78 is 19.1. The van der Waals surface area contributed by atoms with Crippen molar-refractivity contribution in [1.82, 2.24) is 15.5 Å². The van der Waals surface area contributed by atoms with E-state index in [2.05, 4.69) is 34.4 Å². The molecule has 1 fully saturated rings. The molecule has 0 radical (unpaired) electrons. The first kappa shape index (κ1) is 19.7. The van der Waals surface area contributed by atoms with Crippen LogP contribution >= 0.6 is 0 Å². The summed E-state index contributed by atoms with van der Waals surface area (Å²) in [6.45, 7) is 11.2. The third-order valence-electron chi connectivity index (χ3n) is 4.68. The van der Waals surface area contributed by atoms with E-state index < -0.39 is 0 Å². The standard InChI is InChI=1S/C19H31FN4O/c1-14(2)18(24-7-9-25-10-8-24)13-23-19(21-4)22-12-16-6-5-15(3)17(20)11-16/h5-6,11,14,18H,7-10,12-13H2,1-4H3,(H2,21,22,23). The molecule has 1 aliphatic rings. The van der Waals surface area contributed by atoms with Crippen molar-refractivity contribution in [2.75, 3.05) is 39.9 Å². The van der Waals surface area contributed by atoms with Crippen LogP contribution in [-0.4, -0.2) is 56.8 Å². The maximum absolute atomic E-state index is 13.6. The third-order valence-corrected chi connectivity index (χ3v) is 4.68. The fraction of sp³-hybridized carbons (Fsp3) is 0.632. The number of morpholine rings is 1. The van der Waals surface area contributed by atoms with Gasteiger partial charge in [-0.15, -0.1) is 0 Å². The van der Waals surface area contributed by atoms with Gasteiger partial charge in [0.25, 0.3) is 0 Å². The molecule has 140 valence electrons. The van der Waals surface area contributed by atoms with Gasteiger partial charge in [0, 0.05) is 39.3 Å². The van der Waals surface area contributed by atoms with Crippen LogP contribution in [0.1, 0.15) is 25.0 Å². The number of aliphatic imine (C=N–C) groups is 1. The van der Waals surface area contributed by atoms with Gasteiger partial charge in [0.05, 0.1) is 13.2 Å². The van der Waals surface area contributed by atoms with Gasteiger partial charge in [-0.05, 0) is 30.0 Å². The minimum atomic E-state index is -0.172. The molecule has 0 spiro atoms. The molecule has 0 saturated carbocycles. The van der Waals surface area contributed by atoms with Crippen LogP contribution in [0.4, 0.5) is 4.39 Å². The summed E-state index contributed by atoms with van der Waals surface area (Å²) in [4.78, 5) is 6.75. The first-order chi connectivity index (χ1) is 12.0. The first-order valence-electron chi connectivity index (χ1n) is 9.02. The Labute approximate surface area is 150 Å². The van der Waals surface area contributed by atoms with Gasteiger partial charge in [0.15, 0.2) is 5.96 Å². The Morgan fingerprint density at radius 2 is 2.00 bits per heavy atom. The van der Waals surface area contributed by atoms with Crippen molar-refractivity contribution in [2.24, 2.45) is 10.9 Å². The highest BCUT2D eigenvalue weighted by Gasteiger charge is 2.23. The maximum Gasteiger partial charge on any atom is 0.191 e. The van der Waals surface area contributed by atoms with Crippen LogP contribution in [0.5, 0.6) is 0 Å². The Bertz CT molecular complexity index is 571. The van der Waals surface area contributed by atoms with E-state index >= 15 is 0 Å². The van der Waals surface area contributed by atoms with Crippen molar-refractivity contribution in [3.05, 3.63) is 35.1 Å². The number of halogens is 1. The molecule has 1 unspecified atom stereocenters. The third kappa shape index (κ3) is 5.97. The molecule has 1 atom stereocenters. The SMILES string of the molecule is CN=C(NCc1ccc(C)c(F)c1)NCC(C(C)C)N1CCOCC1. The van der Waals surface area contributed by atoms with Crippen LogP contribution in [0, 0.1) is 18.7 Å². The fourth-order valence-electron chi connectivity index (χ4n) is 3.05. The molecule has 2 rings (SSSR count). The molecule has 1 heterocycles. The molecule has 5 nitrogen and oxygen atoms in total. The molecule has 0 aliphatic carbocycles. The van der Waals surface area contributed by atoms with Gasteiger partial charge in [-0.1, -0.05) is 26.0 Å². The highest BCUT2D eigenvalue weighted by molar-refractivity contribution is 5.79. The van der Waals surface area contributed by atoms with Crippen LogP contribution in [-0.2, 0) is 11.3 Å². The maximum atomic E-state index is 13.6. The average molecular weight is 350 g/mol. The number of nitrogens with zero attached hydrogens (tertiary/aromatic N) is 2. The number of rotatable bonds is 6. The summed E-state index contributed by atoms with van der Waals surface area (Å²) in [5.74, 6) is 1.10. The number of hydrogen-bond donors (Lipinski definition) is 2. The van der Waals surface area contributed by atoms with Gasteiger partial charge < -0.3 is 15.4 Å². The van der Waals surface area contributed by atoms with Crippen molar-refractivity contribution in [3.63, 3.8) is 0 Å². The normalized spacial score (nSPS) is 17.6. The molecular formula is C19H31FN4O. The number of benzene rings is 1. The largest absolute Gasteiger partial charge is 0.379 e. The second kappa shape index (κ2) is 9.73. The van der Waals surface area contributed by atoms with Crippen LogP contribution in [0.3, 0.4) is 0 Å². The summed E-state index contributed by atoms with van der Waals surface area (Å²) in [7, 11) is 1.75. The molecule has 0 bridgehead atoms. The predicted molar refractivity (Wildman–Crippen MR) is 100 cm³/mol. The topological polar surface area (TPSA) is 48.9 Å². The molecule has 25 heavy (non-hydrogen) atoms. The Morgan fingerprint density at radius 1 is 1.28 bits per heavy atom. The second-order valence-corrected chi connectivity index (χ2v) is 6.85. The Balaban J connectivity index is 1.86. The first-order valence-corrected chi connectivity index (χ1v) is 9.02. The lowest BCUT2D eigenvalue weighted by Crippen LogP contribution is -2.52. The van der Waals surface area contributed by atoms with E-state index in [1.165, 1.54) is 0 Å². The zero-order chi connectivity index (χ0) is 18.2. The lowest BCUT2D eigenvalue weighted by molar-refractivity contribution is 0.00752. The lowest BCUT2D eigenvalue weighted by atomic mass is 10.0. The van der Waals surface area contributed by atoms with Crippen LogP contribution < -0.4 is 10.6 Å². The monoisotopic (exact) mass is 350 g/mol. The Morgan fingerprint density at radius 3 is 2.60 bits per heavy atom. The van der Waals surface area contributed by atoms with Gasteiger partial charge in [-0.3, -0.25) is 9.89 Å². The van der Waals surface area contributed by atoms with Crippen molar-refractivity contribution >= 4 is 5.96 Å². The van der Waals surface area contributed by atoms with Crippen LogP contribution in [0.25, 0.3) is 0 Å². The lowest BCUT2D eigenvalue weighted by Gasteiger charge is -2.37. The quantitative estimate of drug-likeness (QED) is 0.610. The number of ether oxygens (including phenoxy) is 1. The molecule has 1 aliphatic heterocycles. The molecule has 0 aromatic heterocycles. The highest BCUT2D eigenvalue weighted by Crippen LogP contribution is 2.12. The molecule has 1 saturated heterocycles. The summed E-state index contributed by atoms with van der Waals surface area (Å²) in [5, 5.41) is 6.67. The molecule has 1 aromatic rings. The van der Waals surface area contributed by atoms with Crippen molar-refractivity contribution < 1.29 is 9.13 Å². The molecule has 0 amide bonds. The summed E-state index contributed by atoms with van der Waals surface area (Å²) in [6.07, 6.45) is 0. The van der Waals surface area contributed by atoms with Crippen LogP contribution in [0.15, 0.2) is 23.2 Å². The highest BCUT2D eigenvalue weighted by atomic mass is 19.1. The van der Waals surface area contributed by atoms with Gasteiger partial charge in [-0.25, -0.2) is 4.39 Å². The van der Waals surface area contributed by atoms with E-state index in [1.807, 2.05) is 6.07 Å².